The van der Waals surface area contributed by atoms with E-state index < -0.39 is 6.16 Å². The van der Waals surface area contributed by atoms with Crippen molar-refractivity contribution >= 4 is 12.4 Å². The van der Waals surface area contributed by atoms with E-state index in [0.29, 0.717) is 0 Å². The van der Waals surface area contributed by atoms with Crippen molar-refractivity contribution in [2.75, 3.05) is 6.54 Å². The molecule has 0 aliphatic heterocycles. The second-order valence-corrected chi connectivity index (χ2v) is 4.69. The number of aliphatic imine (C=N–C) groups is 1. The van der Waals surface area contributed by atoms with E-state index in [2.05, 4.69) is 29.3 Å². The van der Waals surface area contributed by atoms with Crippen molar-refractivity contribution in [3.8, 4) is 0 Å². The van der Waals surface area contributed by atoms with E-state index in [-0.39, 0.29) is 0 Å². The van der Waals surface area contributed by atoms with Crippen molar-refractivity contribution < 1.29 is 15.0 Å². The lowest BCUT2D eigenvalue weighted by molar-refractivity contribution is 0.137. The predicted molar refractivity (Wildman–Crippen MR) is 76.1 cm³/mol. The molecular formula is C15H21NO3. The molecule has 1 aromatic carbocycles. The maximum Gasteiger partial charge on any atom is 0.503 e. The Bertz CT molecular complexity index is 380. The van der Waals surface area contributed by atoms with Gasteiger partial charge in [-0.3, -0.25) is 4.99 Å². The van der Waals surface area contributed by atoms with Gasteiger partial charge in [-0.15, -0.1) is 0 Å². The Morgan fingerprint density at radius 1 is 1.16 bits per heavy atom. The van der Waals surface area contributed by atoms with Gasteiger partial charge in [0, 0.05) is 12.8 Å². The van der Waals surface area contributed by atoms with Gasteiger partial charge in [0.15, 0.2) is 0 Å². The third-order valence-electron chi connectivity index (χ3n) is 3.13. The maximum atomic E-state index is 8.56. The van der Waals surface area contributed by atoms with E-state index in [1.807, 2.05) is 12.3 Å². The van der Waals surface area contributed by atoms with Gasteiger partial charge >= 0.3 is 6.16 Å². The van der Waals surface area contributed by atoms with Crippen molar-refractivity contribution in [3.05, 3.63) is 35.9 Å². The summed E-state index contributed by atoms with van der Waals surface area (Å²) >= 11 is 0. The molecule has 1 aliphatic rings. The lowest BCUT2D eigenvalue weighted by atomic mass is 9.89. The van der Waals surface area contributed by atoms with Crippen molar-refractivity contribution in [1.82, 2.24) is 0 Å². The molecule has 1 aromatic rings. The molecule has 0 atom stereocenters. The summed E-state index contributed by atoms with van der Waals surface area (Å²) in [6.45, 7) is 1.02. The summed E-state index contributed by atoms with van der Waals surface area (Å²) in [4.78, 5) is 13.1. The van der Waals surface area contributed by atoms with Gasteiger partial charge < -0.3 is 10.2 Å². The second kappa shape index (κ2) is 9.14. The fourth-order valence-corrected chi connectivity index (χ4v) is 2.22. The molecule has 0 bridgehead atoms. The minimum absolute atomic E-state index is 0.846. The van der Waals surface area contributed by atoms with Crippen LogP contribution in [0.3, 0.4) is 0 Å². The zero-order valence-electron chi connectivity index (χ0n) is 11.0. The Labute approximate surface area is 113 Å². The van der Waals surface area contributed by atoms with Crippen LogP contribution in [-0.2, 0) is 0 Å². The fourth-order valence-electron chi connectivity index (χ4n) is 2.22. The largest absolute Gasteiger partial charge is 0.503 e. The molecule has 4 heteroatoms. The van der Waals surface area contributed by atoms with Crippen LogP contribution in [0.4, 0.5) is 4.79 Å². The molecule has 0 radical (unpaired) electrons. The molecule has 1 saturated carbocycles. The molecule has 4 nitrogen and oxygen atoms in total. The summed E-state index contributed by atoms with van der Waals surface area (Å²) in [6, 6.07) is 10.4. The highest BCUT2D eigenvalue weighted by atomic mass is 16.6. The zero-order chi connectivity index (χ0) is 13.9. The van der Waals surface area contributed by atoms with Crippen LogP contribution in [0.15, 0.2) is 35.3 Å². The average molecular weight is 263 g/mol. The molecule has 0 aromatic heterocycles. The summed E-state index contributed by atoms with van der Waals surface area (Å²) in [5.41, 5.74) is 1.22. The van der Waals surface area contributed by atoms with E-state index in [9.17, 15) is 0 Å². The first kappa shape index (κ1) is 15.2. The Morgan fingerprint density at radius 2 is 1.74 bits per heavy atom. The monoisotopic (exact) mass is 263 g/mol. The van der Waals surface area contributed by atoms with E-state index in [1.54, 1.807) is 0 Å². The smallest absolute Gasteiger partial charge is 0.450 e. The lowest BCUT2D eigenvalue weighted by Crippen LogP contribution is -2.09. The summed E-state index contributed by atoms with van der Waals surface area (Å²) in [6.07, 6.45) is 7.18. The predicted octanol–water partition coefficient (Wildman–Crippen LogP) is 3.91. The highest BCUT2D eigenvalue weighted by molar-refractivity contribution is 5.79. The van der Waals surface area contributed by atoms with Gasteiger partial charge in [-0.2, -0.15) is 0 Å². The van der Waals surface area contributed by atoms with E-state index in [4.69, 9.17) is 15.0 Å². The summed E-state index contributed by atoms with van der Waals surface area (Å²) in [5, 5.41) is 13.9. The quantitative estimate of drug-likeness (QED) is 0.812. The number of nitrogens with zero attached hydrogens (tertiary/aromatic N) is 1. The molecule has 2 N–H and O–H groups in total. The first-order valence-electron chi connectivity index (χ1n) is 6.65. The molecule has 1 fully saturated rings. The highest BCUT2D eigenvalue weighted by Crippen LogP contribution is 2.23. The SMILES string of the molecule is C(=NCC1CCCCC1)c1ccccc1.O=C(O)O. The zero-order valence-corrected chi connectivity index (χ0v) is 11.0. The Balaban J connectivity index is 0.000000399. The number of carboxylic acid groups (broad SMARTS) is 2. The molecule has 2 rings (SSSR count). The van der Waals surface area contributed by atoms with Crippen LogP contribution in [0.25, 0.3) is 0 Å². The van der Waals surface area contributed by atoms with Gasteiger partial charge in [0.2, 0.25) is 0 Å². The summed E-state index contributed by atoms with van der Waals surface area (Å²) < 4.78 is 0. The lowest BCUT2D eigenvalue weighted by Gasteiger charge is -2.19. The van der Waals surface area contributed by atoms with Crippen LogP contribution in [0.2, 0.25) is 0 Å². The van der Waals surface area contributed by atoms with Gasteiger partial charge in [0.25, 0.3) is 0 Å². The van der Waals surface area contributed by atoms with Gasteiger partial charge in [-0.1, -0.05) is 49.6 Å². The third-order valence-corrected chi connectivity index (χ3v) is 3.13. The molecule has 104 valence electrons. The van der Waals surface area contributed by atoms with Crippen LogP contribution in [-0.4, -0.2) is 29.1 Å². The number of benzene rings is 1. The molecule has 19 heavy (non-hydrogen) atoms. The minimum Gasteiger partial charge on any atom is -0.450 e. The van der Waals surface area contributed by atoms with Gasteiger partial charge in [0.1, 0.15) is 0 Å². The number of hydrogen-bond acceptors (Lipinski definition) is 2. The molecular weight excluding hydrogens is 242 g/mol. The molecule has 0 saturated heterocycles. The van der Waals surface area contributed by atoms with Crippen molar-refractivity contribution in [2.24, 2.45) is 10.9 Å². The van der Waals surface area contributed by atoms with Gasteiger partial charge in [-0.25, -0.2) is 4.79 Å². The van der Waals surface area contributed by atoms with Crippen molar-refractivity contribution in [2.45, 2.75) is 32.1 Å². The van der Waals surface area contributed by atoms with E-state index in [0.717, 1.165) is 12.5 Å². The topological polar surface area (TPSA) is 69.9 Å². The third kappa shape index (κ3) is 7.97. The Kier molecular flexibility index (Phi) is 7.32. The molecule has 0 heterocycles. The minimum atomic E-state index is -1.83. The molecule has 0 unspecified atom stereocenters. The second-order valence-electron chi connectivity index (χ2n) is 4.69. The first-order chi connectivity index (χ1) is 9.18. The van der Waals surface area contributed by atoms with Gasteiger partial charge in [-0.05, 0) is 24.3 Å². The number of rotatable bonds is 3. The molecule has 0 spiro atoms. The van der Waals surface area contributed by atoms with Crippen LogP contribution in [0.1, 0.15) is 37.7 Å². The average Bonchev–Trinajstić information content (AvgIpc) is 2.41. The highest BCUT2D eigenvalue weighted by Gasteiger charge is 2.11. The standard InChI is InChI=1S/C14H19N.CH2O3/c1-3-7-13(8-4-1)11-15-12-14-9-5-2-6-10-14;2-1(3)4/h1,3-4,7-8,11,14H,2,5-6,9-10,12H2;(H2,2,3,4). The van der Waals surface area contributed by atoms with Crippen molar-refractivity contribution in [1.29, 1.82) is 0 Å². The molecule has 1 aliphatic carbocycles. The van der Waals surface area contributed by atoms with Crippen LogP contribution in [0, 0.1) is 5.92 Å². The Hall–Kier alpha value is -1.84. The fraction of sp³-hybridized carbons (Fsp3) is 0.467. The summed E-state index contributed by atoms with van der Waals surface area (Å²) in [7, 11) is 0. The number of hydrogen-bond donors (Lipinski definition) is 2. The van der Waals surface area contributed by atoms with Crippen LogP contribution >= 0.6 is 0 Å². The van der Waals surface area contributed by atoms with E-state index >= 15 is 0 Å². The first-order valence-corrected chi connectivity index (χ1v) is 6.65. The molecule has 0 amide bonds. The van der Waals surface area contributed by atoms with Crippen LogP contribution < -0.4 is 0 Å². The Morgan fingerprint density at radius 3 is 2.32 bits per heavy atom. The normalized spacial score (nSPS) is 15.8. The number of carbonyl (C=O) groups is 1. The summed E-state index contributed by atoms with van der Waals surface area (Å²) in [5.74, 6) is 0.846. The van der Waals surface area contributed by atoms with Gasteiger partial charge in [0.05, 0.1) is 0 Å². The van der Waals surface area contributed by atoms with Crippen LogP contribution in [0.5, 0.6) is 0 Å². The van der Waals surface area contributed by atoms with Crippen molar-refractivity contribution in [3.63, 3.8) is 0 Å². The van der Waals surface area contributed by atoms with E-state index in [1.165, 1.54) is 37.7 Å². The maximum absolute atomic E-state index is 8.56.